The second-order valence-corrected chi connectivity index (χ2v) is 6.31. The average Bonchev–Trinajstić information content (AvgIpc) is 3.03. The molecule has 0 N–H and O–H groups in total. The number of para-hydroxylation sites is 1. The normalized spacial score (nSPS) is 10.9. The Morgan fingerprint density at radius 3 is 2.58 bits per heavy atom. The molecule has 0 amide bonds. The highest BCUT2D eigenvalue weighted by molar-refractivity contribution is 7.17. The molecule has 0 aliphatic heterocycles. The van der Waals surface area contributed by atoms with Gasteiger partial charge in [-0.15, -0.1) is 11.3 Å². The first-order valence-corrected chi connectivity index (χ1v) is 8.38. The maximum atomic E-state index is 13.2. The van der Waals surface area contributed by atoms with Gasteiger partial charge in [-0.25, -0.2) is 14.4 Å². The van der Waals surface area contributed by atoms with Crippen LogP contribution in [0.2, 0.25) is 5.02 Å². The van der Waals surface area contributed by atoms with E-state index >= 15 is 0 Å². The summed E-state index contributed by atoms with van der Waals surface area (Å²) in [5.74, 6) is 0.672. The molecule has 0 aliphatic carbocycles. The Labute approximate surface area is 146 Å². The molecule has 24 heavy (non-hydrogen) atoms. The van der Waals surface area contributed by atoms with Crippen LogP contribution >= 0.6 is 22.9 Å². The van der Waals surface area contributed by atoms with E-state index in [-0.39, 0.29) is 5.82 Å². The molecule has 0 fully saturated rings. The van der Waals surface area contributed by atoms with Crippen LogP contribution in [0.25, 0.3) is 21.3 Å². The fraction of sp³-hybridized carbons (Fsp3) is 0. The van der Waals surface area contributed by atoms with Crippen LogP contribution in [0, 0.1) is 5.82 Å². The molecule has 4 rings (SSSR count). The zero-order chi connectivity index (χ0) is 16.5. The van der Waals surface area contributed by atoms with Gasteiger partial charge in [-0.2, -0.15) is 0 Å². The smallest absolute Gasteiger partial charge is 0.231 e. The molecular weight excluding hydrogens is 347 g/mol. The van der Waals surface area contributed by atoms with Crippen LogP contribution in [-0.4, -0.2) is 9.97 Å². The van der Waals surface area contributed by atoms with Crippen LogP contribution in [0.4, 0.5) is 4.39 Å². The van der Waals surface area contributed by atoms with Gasteiger partial charge in [0.05, 0.1) is 10.4 Å². The Hall–Kier alpha value is -2.50. The first kappa shape index (κ1) is 15.1. The standard InChI is InChI=1S/C18H10ClFN2OS/c19-14-3-1-2-4-15(14)23-17-16-13(9-24-18(16)22-10-21-17)11-5-7-12(20)8-6-11/h1-10H. The minimum absolute atomic E-state index is 0.276. The van der Waals surface area contributed by atoms with E-state index in [0.717, 1.165) is 21.3 Å². The number of fused-ring (bicyclic) bond motifs is 1. The lowest BCUT2D eigenvalue weighted by molar-refractivity contribution is 0.468. The third-order valence-corrected chi connectivity index (χ3v) is 4.73. The molecule has 0 atom stereocenters. The molecule has 0 radical (unpaired) electrons. The highest BCUT2D eigenvalue weighted by Gasteiger charge is 2.15. The molecule has 0 unspecified atom stereocenters. The van der Waals surface area contributed by atoms with Crippen molar-refractivity contribution in [1.29, 1.82) is 0 Å². The molecule has 2 aromatic carbocycles. The van der Waals surface area contributed by atoms with E-state index in [4.69, 9.17) is 16.3 Å². The Bertz CT molecular complexity index is 1020. The summed E-state index contributed by atoms with van der Waals surface area (Å²) < 4.78 is 19.1. The first-order valence-electron chi connectivity index (χ1n) is 7.13. The minimum atomic E-state index is -0.276. The summed E-state index contributed by atoms with van der Waals surface area (Å²) >= 11 is 7.65. The SMILES string of the molecule is Fc1ccc(-c2csc3ncnc(Oc4ccccc4Cl)c23)cc1. The lowest BCUT2D eigenvalue weighted by Crippen LogP contribution is -1.91. The molecule has 3 nitrogen and oxygen atoms in total. The molecule has 2 heterocycles. The summed E-state index contributed by atoms with van der Waals surface area (Å²) in [7, 11) is 0. The maximum absolute atomic E-state index is 13.2. The predicted molar refractivity (Wildman–Crippen MR) is 94.3 cm³/mol. The van der Waals surface area contributed by atoms with E-state index in [9.17, 15) is 4.39 Å². The molecular formula is C18H10ClFN2OS. The molecule has 6 heteroatoms. The van der Waals surface area contributed by atoms with Gasteiger partial charge in [0, 0.05) is 10.9 Å². The number of thiophene rings is 1. The number of ether oxygens (including phenoxy) is 1. The van der Waals surface area contributed by atoms with E-state index in [2.05, 4.69) is 9.97 Å². The Kier molecular flexibility index (Phi) is 3.88. The molecule has 0 saturated heterocycles. The van der Waals surface area contributed by atoms with Crippen LogP contribution in [-0.2, 0) is 0 Å². The van der Waals surface area contributed by atoms with Gasteiger partial charge in [-0.05, 0) is 29.8 Å². The summed E-state index contributed by atoms with van der Waals surface area (Å²) in [5.41, 5.74) is 1.78. The van der Waals surface area contributed by atoms with E-state index in [1.165, 1.54) is 29.8 Å². The van der Waals surface area contributed by atoms with E-state index < -0.39 is 0 Å². The minimum Gasteiger partial charge on any atom is -0.437 e. The van der Waals surface area contributed by atoms with Crippen molar-refractivity contribution in [3.63, 3.8) is 0 Å². The van der Waals surface area contributed by atoms with Gasteiger partial charge in [0.25, 0.3) is 0 Å². The average molecular weight is 357 g/mol. The zero-order valence-electron chi connectivity index (χ0n) is 12.2. The van der Waals surface area contributed by atoms with Crippen molar-refractivity contribution in [3.8, 4) is 22.8 Å². The molecule has 0 bridgehead atoms. The quantitative estimate of drug-likeness (QED) is 0.455. The van der Waals surface area contributed by atoms with Crippen molar-refractivity contribution < 1.29 is 9.13 Å². The number of hydrogen-bond acceptors (Lipinski definition) is 4. The van der Waals surface area contributed by atoms with Crippen molar-refractivity contribution in [1.82, 2.24) is 9.97 Å². The fourth-order valence-corrected chi connectivity index (χ4v) is 3.48. The molecule has 0 aliphatic rings. The Morgan fingerprint density at radius 2 is 1.79 bits per heavy atom. The molecule has 0 saturated carbocycles. The van der Waals surface area contributed by atoms with Gasteiger partial charge >= 0.3 is 0 Å². The molecule has 2 aromatic heterocycles. The van der Waals surface area contributed by atoms with Gasteiger partial charge < -0.3 is 4.74 Å². The van der Waals surface area contributed by atoms with Gasteiger partial charge in [0.15, 0.2) is 0 Å². The predicted octanol–water partition coefficient (Wildman–Crippen LogP) is 5.94. The lowest BCUT2D eigenvalue weighted by Gasteiger charge is -2.08. The van der Waals surface area contributed by atoms with Gasteiger partial charge in [-0.1, -0.05) is 35.9 Å². The molecule has 118 valence electrons. The van der Waals surface area contributed by atoms with E-state index in [1.807, 2.05) is 17.5 Å². The fourth-order valence-electron chi connectivity index (χ4n) is 2.40. The summed E-state index contributed by atoms with van der Waals surface area (Å²) in [6.07, 6.45) is 1.46. The maximum Gasteiger partial charge on any atom is 0.231 e. The second kappa shape index (κ2) is 6.19. The highest BCUT2D eigenvalue weighted by Crippen LogP contribution is 2.39. The van der Waals surface area contributed by atoms with Crippen LogP contribution in [0.1, 0.15) is 0 Å². The van der Waals surface area contributed by atoms with Crippen molar-refractivity contribution >= 4 is 33.2 Å². The van der Waals surface area contributed by atoms with Crippen molar-refractivity contribution in [2.24, 2.45) is 0 Å². The first-order chi connectivity index (χ1) is 11.7. The van der Waals surface area contributed by atoms with Crippen molar-refractivity contribution in [2.45, 2.75) is 0 Å². The number of aromatic nitrogens is 2. The zero-order valence-corrected chi connectivity index (χ0v) is 13.8. The van der Waals surface area contributed by atoms with E-state index in [1.54, 1.807) is 24.3 Å². The number of benzene rings is 2. The summed E-state index contributed by atoms with van der Waals surface area (Å²) in [6.45, 7) is 0. The van der Waals surface area contributed by atoms with Crippen LogP contribution in [0.15, 0.2) is 60.2 Å². The lowest BCUT2D eigenvalue weighted by atomic mass is 10.1. The summed E-state index contributed by atoms with van der Waals surface area (Å²) in [5, 5.41) is 3.25. The number of hydrogen-bond donors (Lipinski definition) is 0. The van der Waals surface area contributed by atoms with Crippen LogP contribution in [0.3, 0.4) is 0 Å². The van der Waals surface area contributed by atoms with Gasteiger partial charge in [0.1, 0.15) is 22.7 Å². The van der Waals surface area contributed by atoms with Gasteiger partial charge in [0.2, 0.25) is 5.88 Å². The number of nitrogens with zero attached hydrogens (tertiary/aromatic N) is 2. The molecule has 0 spiro atoms. The van der Waals surface area contributed by atoms with Crippen molar-refractivity contribution in [2.75, 3.05) is 0 Å². The third kappa shape index (κ3) is 2.72. The number of halogens is 2. The largest absolute Gasteiger partial charge is 0.437 e. The van der Waals surface area contributed by atoms with Gasteiger partial charge in [-0.3, -0.25) is 0 Å². The summed E-state index contributed by atoms with van der Waals surface area (Å²) in [6, 6.07) is 13.5. The Morgan fingerprint density at radius 1 is 1.00 bits per heavy atom. The monoisotopic (exact) mass is 356 g/mol. The number of rotatable bonds is 3. The van der Waals surface area contributed by atoms with Crippen LogP contribution in [0.5, 0.6) is 11.6 Å². The summed E-state index contributed by atoms with van der Waals surface area (Å²) in [4.78, 5) is 9.35. The highest BCUT2D eigenvalue weighted by atomic mass is 35.5. The van der Waals surface area contributed by atoms with E-state index in [0.29, 0.717) is 16.7 Å². The molecule has 4 aromatic rings. The topological polar surface area (TPSA) is 35.0 Å². The third-order valence-electron chi connectivity index (χ3n) is 3.53. The van der Waals surface area contributed by atoms with Crippen molar-refractivity contribution in [3.05, 3.63) is 71.1 Å². The van der Waals surface area contributed by atoms with Crippen LogP contribution < -0.4 is 4.74 Å². The Balaban J connectivity index is 1.86. The second-order valence-electron chi connectivity index (χ2n) is 5.05.